The third kappa shape index (κ3) is 4.92. The van der Waals surface area contributed by atoms with Gasteiger partial charge in [0.15, 0.2) is 0 Å². The highest BCUT2D eigenvalue weighted by Crippen LogP contribution is 2.26. The van der Waals surface area contributed by atoms with Crippen molar-refractivity contribution in [3.63, 3.8) is 0 Å². The highest BCUT2D eigenvalue weighted by Gasteiger charge is 2.14. The molecule has 1 aromatic carbocycles. The van der Waals surface area contributed by atoms with Crippen molar-refractivity contribution in [2.75, 3.05) is 27.0 Å². The van der Waals surface area contributed by atoms with Crippen molar-refractivity contribution in [3.8, 4) is 11.5 Å². The van der Waals surface area contributed by atoms with Crippen LogP contribution in [0.3, 0.4) is 0 Å². The van der Waals surface area contributed by atoms with Crippen molar-refractivity contribution >= 4 is 17.7 Å². The molecule has 0 saturated carbocycles. The summed E-state index contributed by atoms with van der Waals surface area (Å²) >= 11 is 1.56. The van der Waals surface area contributed by atoms with E-state index in [1.807, 2.05) is 32.0 Å². The lowest BCUT2D eigenvalue weighted by atomic mass is 10.2. The molecule has 0 aliphatic heterocycles. The smallest absolute Gasteiger partial charge is 0.232 e. The second-order valence-corrected chi connectivity index (χ2v) is 6.71. The lowest BCUT2D eigenvalue weighted by molar-refractivity contribution is -0.127. The molecule has 0 saturated heterocycles. The molecule has 2 aromatic rings. The molecule has 0 bridgehead atoms. The van der Waals surface area contributed by atoms with Crippen molar-refractivity contribution in [2.45, 2.75) is 26.1 Å². The summed E-state index contributed by atoms with van der Waals surface area (Å²) in [7, 11) is 5.02. The Bertz CT molecular complexity index is 710. The van der Waals surface area contributed by atoms with Gasteiger partial charge in [0, 0.05) is 36.5 Å². The van der Waals surface area contributed by atoms with Crippen LogP contribution in [0.2, 0.25) is 0 Å². The molecular weight excluding hydrogens is 340 g/mol. The summed E-state index contributed by atoms with van der Waals surface area (Å²) in [5.74, 6) is 3.43. The number of aryl methyl sites for hydroxylation is 2. The second kappa shape index (κ2) is 8.80. The van der Waals surface area contributed by atoms with Gasteiger partial charge in [-0.1, -0.05) is 5.16 Å². The van der Waals surface area contributed by atoms with Crippen molar-refractivity contribution in [1.82, 2.24) is 10.1 Å². The average molecular weight is 364 g/mol. The molecule has 1 aromatic heterocycles. The Morgan fingerprint density at radius 2 is 2.04 bits per heavy atom. The van der Waals surface area contributed by atoms with Crippen LogP contribution < -0.4 is 9.47 Å². The average Bonchev–Trinajstić information content (AvgIpc) is 2.93. The largest absolute Gasteiger partial charge is 0.497 e. The summed E-state index contributed by atoms with van der Waals surface area (Å²) in [5.41, 5.74) is 2.89. The molecule has 0 fully saturated rings. The first-order chi connectivity index (χ1) is 12.0. The van der Waals surface area contributed by atoms with Crippen LogP contribution in [0.15, 0.2) is 22.7 Å². The summed E-state index contributed by atoms with van der Waals surface area (Å²) in [6, 6.07) is 5.60. The lowest BCUT2D eigenvalue weighted by Gasteiger charge is -2.19. The number of thioether (sulfide) groups is 1. The molecule has 0 unspecified atom stereocenters. The molecule has 136 valence electrons. The molecule has 6 nitrogen and oxygen atoms in total. The minimum absolute atomic E-state index is 0.0645. The molecule has 1 amide bonds. The molecule has 2 rings (SSSR count). The molecule has 0 atom stereocenters. The van der Waals surface area contributed by atoms with Crippen molar-refractivity contribution in [3.05, 3.63) is 40.8 Å². The van der Waals surface area contributed by atoms with E-state index in [2.05, 4.69) is 5.16 Å². The fourth-order valence-electron chi connectivity index (χ4n) is 2.38. The first-order valence-corrected chi connectivity index (χ1v) is 9.06. The van der Waals surface area contributed by atoms with E-state index < -0.39 is 0 Å². The Balaban J connectivity index is 1.90. The van der Waals surface area contributed by atoms with Gasteiger partial charge in [-0.2, -0.15) is 0 Å². The van der Waals surface area contributed by atoms with Crippen LogP contribution in [-0.4, -0.2) is 43.0 Å². The maximum atomic E-state index is 12.4. The second-order valence-electron chi connectivity index (χ2n) is 5.72. The van der Waals surface area contributed by atoms with E-state index in [1.54, 1.807) is 37.9 Å². The highest BCUT2D eigenvalue weighted by atomic mass is 32.2. The summed E-state index contributed by atoms with van der Waals surface area (Å²) in [5, 5.41) is 3.93. The molecule has 0 radical (unpaired) electrons. The maximum Gasteiger partial charge on any atom is 0.232 e. The zero-order chi connectivity index (χ0) is 18.4. The number of ether oxygens (including phenoxy) is 2. The van der Waals surface area contributed by atoms with Crippen LogP contribution >= 0.6 is 11.8 Å². The lowest BCUT2D eigenvalue weighted by Crippen LogP contribution is -2.28. The highest BCUT2D eigenvalue weighted by molar-refractivity contribution is 7.99. The minimum Gasteiger partial charge on any atom is -0.497 e. The number of hydrogen-bond acceptors (Lipinski definition) is 6. The molecule has 7 heteroatoms. The number of rotatable bonds is 8. The van der Waals surface area contributed by atoms with E-state index in [4.69, 9.17) is 14.0 Å². The number of aromatic nitrogens is 1. The van der Waals surface area contributed by atoms with Gasteiger partial charge in [-0.05, 0) is 26.0 Å². The Kier molecular flexibility index (Phi) is 6.75. The number of methoxy groups -OCH3 is 2. The number of hydrogen-bond donors (Lipinski definition) is 0. The minimum atomic E-state index is 0.0645. The van der Waals surface area contributed by atoms with Gasteiger partial charge in [0.1, 0.15) is 17.3 Å². The SMILES string of the molecule is COc1ccc(CN(C)C(=O)CSCc2c(C)noc2C)c(OC)c1. The fourth-order valence-corrected chi connectivity index (χ4v) is 3.50. The molecule has 0 N–H and O–H groups in total. The normalized spacial score (nSPS) is 10.6. The summed E-state index contributed by atoms with van der Waals surface area (Å²) in [6.45, 7) is 4.29. The zero-order valence-electron chi connectivity index (χ0n) is 15.3. The Morgan fingerprint density at radius 3 is 2.64 bits per heavy atom. The zero-order valence-corrected chi connectivity index (χ0v) is 16.1. The third-order valence-corrected chi connectivity index (χ3v) is 4.92. The number of benzene rings is 1. The molecule has 0 aliphatic rings. The van der Waals surface area contributed by atoms with Gasteiger partial charge >= 0.3 is 0 Å². The number of carbonyl (C=O) groups excluding carboxylic acids is 1. The fraction of sp³-hybridized carbons (Fsp3) is 0.444. The van der Waals surface area contributed by atoms with Crippen LogP contribution in [0.1, 0.15) is 22.6 Å². The predicted octanol–water partition coefficient (Wildman–Crippen LogP) is 3.20. The van der Waals surface area contributed by atoms with Gasteiger partial charge < -0.3 is 18.9 Å². The number of carbonyl (C=O) groups is 1. The first-order valence-electron chi connectivity index (χ1n) is 7.90. The van der Waals surface area contributed by atoms with E-state index >= 15 is 0 Å². The van der Waals surface area contributed by atoms with Crippen LogP contribution in [0.5, 0.6) is 11.5 Å². The van der Waals surface area contributed by atoms with Crippen molar-refractivity contribution < 1.29 is 18.8 Å². The Morgan fingerprint density at radius 1 is 1.28 bits per heavy atom. The standard InChI is InChI=1S/C18H24N2O4S/c1-12-16(13(2)24-19-12)10-25-11-18(21)20(3)9-14-6-7-15(22-4)8-17(14)23-5/h6-8H,9-11H2,1-5H3. The van der Waals surface area contributed by atoms with Gasteiger partial charge in [-0.25, -0.2) is 0 Å². The van der Waals surface area contributed by atoms with Crippen molar-refractivity contribution in [2.24, 2.45) is 0 Å². The first kappa shape index (κ1) is 19.2. The van der Waals surface area contributed by atoms with Gasteiger partial charge in [0.25, 0.3) is 0 Å². The van der Waals surface area contributed by atoms with E-state index in [-0.39, 0.29) is 5.91 Å². The number of amides is 1. The molecule has 25 heavy (non-hydrogen) atoms. The van der Waals surface area contributed by atoms with E-state index in [9.17, 15) is 4.79 Å². The monoisotopic (exact) mass is 364 g/mol. The van der Waals surface area contributed by atoms with Gasteiger partial charge in [-0.3, -0.25) is 4.79 Å². The van der Waals surface area contributed by atoms with Gasteiger partial charge in [0.2, 0.25) is 5.91 Å². The van der Waals surface area contributed by atoms with E-state index in [0.717, 1.165) is 28.3 Å². The summed E-state index contributed by atoms with van der Waals surface area (Å²) < 4.78 is 15.7. The molecule has 0 spiro atoms. The topological polar surface area (TPSA) is 64.8 Å². The molecular formula is C18H24N2O4S. The molecule has 0 aliphatic carbocycles. The van der Waals surface area contributed by atoms with E-state index in [0.29, 0.717) is 23.8 Å². The van der Waals surface area contributed by atoms with Gasteiger partial charge in [-0.15, -0.1) is 11.8 Å². The maximum absolute atomic E-state index is 12.4. The Labute approximate surface area is 152 Å². The summed E-state index contributed by atoms with van der Waals surface area (Å²) in [6.07, 6.45) is 0. The third-order valence-electron chi connectivity index (χ3n) is 3.98. The van der Waals surface area contributed by atoms with E-state index in [1.165, 1.54) is 0 Å². The van der Waals surface area contributed by atoms with Crippen LogP contribution in [0.25, 0.3) is 0 Å². The summed E-state index contributed by atoms with van der Waals surface area (Å²) in [4.78, 5) is 14.1. The molecule has 1 heterocycles. The van der Waals surface area contributed by atoms with Crippen molar-refractivity contribution in [1.29, 1.82) is 0 Å². The predicted molar refractivity (Wildman–Crippen MR) is 98.2 cm³/mol. The quantitative estimate of drug-likeness (QED) is 0.717. The Hall–Kier alpha value is -2.15. The van der Waals surface area contributed by atoms with Crippen LogP contribution in [-0.2, 0) is 17.1 Å². The van der Waals surface area contributed by atoms with Gasteiger partial charge in [0.05, 0.1) is 25.7 Å². The van der Waals surface area contributed by atoms with Crippen LogP contribution in [0, 0.1) is 13.8 Å². The number of nitrogens with zero attached hydrogens (tertiary/aromatic N) is 2. The van der Waals surface area contributed by atoms with Crippen LogP contribution in [0.4, 0.5) is 0 Å².